The lowest BCUT2D eigenvalue weighted by Crippen LogP contribution is -1.88. The molecule has 0 atom stereocenters. The van der Waals surface area contributed by atoms with E-state index in [0.29, 0.717) is 0 Å². The second-order valence-corrected chi connectivity index (χ2v) is 5.52. The van der Waals surface area contributed by atoms with E-state index in [1.54, 1.807) is 0 Å². The zero-order valence-electron chi connectivity index (χ0n) is 9.79. The van der Waals surface area contributed by atoms with Crippen LogP contribution in [0, 0.1) is 0 Å². The maximum atomic E-state index is 3.58. The first kappa shape index (κ1) is 12.2. The molecule has 0 fully saturated rings. The molecule has 0 aliphatic heterocycles. The number of hydrogen-bond donors (Lipinski definition) is 0. The Morgan fingerprint density at radius 1 is 0.667 bits per heavy atom. The molecule has 2 heteroatoms. The molecular formula is C16H12Br2. The first-order chi connectivity index (χ1) is 8.83. The van der Waals surface area contributed by atoms with Crippen molar-refractivity contribution in [1.29, 1.82) is 0 Å². The smallest absolute Gasteiger partial charge is 0.0289 e. The molecule has 18 heavy (non-hydrogen) atoms. The second kappa shape index (κ2) is 5.02. The number of halogens is 2. The third-order valence-electron chi connectivity index (χ3n) is 3.35. The molecule has 0 saturated heterocycles. The molecule has 3 aromatic carbocycles. The van der Waals surface area contributed by atoms with Crippen LogP contribution in [0.5, 0.6) is 0 Å². The topological polar surface area (TPSA) is 0 Å². The van der Waals surface area contributed by atoms with Crippen LogP contribution in [0.15, 0.2) is 48.5 Å². The van der Waals surface area contributed by atoms with E-state index in [4.69, 9.17) is 0 Å². The molecule has 0 spiro atoms. The van der Waals surface area contributed by atoms with Gasteiger partial charge in [-0.25, -0.2) is 0 Å². The van der Waals surface area contributed by atoms with Gasteiger partial charge in [-0.15, -0.1) is 0 Å². The third-order valence-corrected chi connectivity index (χ3v) is 4.56. The van der Waals surface area contributed by atoms with Crippen molar-refractivity contribution >= 4 is 53.4 Å². The highest BCUT2D eigenvalue weighted by molar-refractivity contribution is 9.08. The molecule has 90 valence electrons. The Morgan fingerprint density at radius 2 is 1.11 bits per heavy atom. The maximum absolute atomic E-state index is 3.58. The number of rotatable bonds is 2. The fraction of sp³-hybridized carbons (Fsp3) is 0.125. The summed E-state index contributed by atoms with van der Waals surface area (Å²) >= 11 is 7.15. The van der Waals surface area contributed by atoms with E-state index in [9.17, 15) is 0 Å². The first-order valence-corrected chi connectivity index (χ1v) is 8.13. The Bertz CT molecular complexity index is 655. The van der Waals surface area contributed by atoms with Gasteiger partial charge in [0.25, 0.3) is 0 Å². The van der Waals surface area contributed by atoms with Gasteiger partial charge in [0.05, 0.1) is 0 Å². The average Bonchev–Trinajstić information content (AvgIpc) is 2.44. The van der Waals surface area contributed by atoms with Crippen LogP contribution in [0.3, 0.4) is 0 Å². The summed E-state index contributed by atoms with van der Waals surface area (Å²) in [6, 6.07) is 17.6. The SMILES string of the molecule is BrCc1ccc(CBr)c2cc3ccccc3cc12. The molecule has 0 radical (unpaired) electrons. The fourth-order valence-electron chi connectivity index (χ4n) is 2.39. The third kappa shape index (κ3) is 1.98. The average molecular weight is 364 g/mol. The first-order valence-electron chi connectivity index (χ1n) is 5.88. The highest BCUT2D eigenvalue weighted by atomic mass is 79.9. The number of fused-ring (bicyclic) bond motifs is 2. The Kier molecular flexibility index (Phi) is 3.40. The highest BCUT2D eigenvalue weighted by Gasteiger charge is 2.06. The molecule has 0 heterocycles. The zero-order valence-corrected chi connectivity index (χ0v) is 13.0. The van der Waals surface area contributed by atoms with Gasteiger partial charge in [0, 0.05) is 10.7 Å². The molecule has 0 aromatic heterocycles. The van der Waals surface area contributed by atoms with Gasteiger partial charge in [-0.1, -0.05) is 68.3 Å². The molecule has 0 aliphatic carbocycles. The lowest BCUT2D eigenvalue weighted by Gasteiger charge is -2.10. The Labute approximate surface area is 123 Å². The van der Waals surface area contributed by atoms with Crippen molar-refractivity contribution in [2.45, 2.75) is 10.7 Å². The monoisotopic (exact) mass is 362 g/mol. The van der Waals surface area contributed by atoms with Crippen molar-refractivity contribution in [1.82, 2.24) is 0 Å². The van der Waals surface area contributed by atoms with Crippen LogP contribution < -0.4 is 0 Å². The van der Waals surface area contributed by atoms with E-state index in [0.717, 1.165) is 10.7 Å². The second-order valence-electron chi connectivity index (χ2n) is 4.40. The van der Waals surface area contributed by atoms with Crippen molar-refractivity contribution in [3.63, 3.8) is 0 Å². The van der Waals surface area contributed by atoms with Gasteiger partial charge in [-0.2, -0.15) is 0 Å². The molecule has 3 rings (SSSR count). The standard InChI is InChI=1S/C16H12Br2/c17-9-13-5-6-14(10-18)16-8-12-4-2-1-3-11(12)7-15(13)16/h1-8H,9-10H2. The Hall–Kier alpha value is -0.860. The summed E-state index contributed by atoms with van der Waals surface area (Å²) in [4.78, 5) is 0. The van der Waals surface area contributed by atoms with Crippen LogP contribution in [0.25, 0.3) is 21.5 Å². The lowest BCUT2D eigenvalue weighted by molar-refractivity contribution is 1.43. The van der Waals surface area contributed by atoms with Crippen molar-refractivity contribution < 1.29 is 0 Å². The summed E-state index contributed by atoms with van der Waals surface area (Å²) in [7, 11) is 0. The minimum Gasteiger partial charge on any atom is -0.0876 e. The summed E-state index contributed by atoms with van der Waals surface area (Å²) in [5.41, 5.74) is 2.70. The molecule has 0 bridgehead atoms. The van der Waals surface area contributed by atoms with Crippen LogP contribution in [-0.2, 0) is 10.7 Å². The van der Waals surface area contributed by atoms with Gasteiger partial charge in [0.1, 0.15) is 0 Å². The predicted molar refractivity (Wildman–Crippen MR) is 86.7 cm³/mol. The van der Waals surface area contributed by atoms with Gasteiger partial charge in [-0.3, -0.25) is 0 Å². The van der Waals surface area contributed by atoms with E-state index in [2.05, 4.69) is 80.4 Å². The number of benzene rings is 3. The van der Waals surface area contributed by atoms with Crippen LogP contribution in [0.4, 0.5) is 0 Å². The Morgan fingerprint density at radius 3 is 1.50 bits per heavy atom. The van der Waals surface area contributed by atoms with Crippen molar-refractivity contribution in [3.05, 3.63) is 59.7 Å². The van der Waals surface area contributed by atoms with E-state index >= 15 is 0 Å². The lowest BCUT2D eigenvalue weighted by atomic mass is 9.97. The normalized spacial score (nSPS) is 11.2. The molecule has 0 saturated carbocycles. The summed E-state index contributed by atoms with van der Waals surface area (Å²) < 4.78 is 0. The van der Waals surface area contributed by atoms with Crippen LogP contribution >= 0.6 is 31.9 Å². The van der Waals surface area contributed by atoms with Crippen molar-refractivity contribution in [3.8, 4) is 0 Å². The van der Waals surface area contributed by atoms with E-state index in [1.807, 2.05) is 0 Å². The summed E-state index contributed by atoms with van der Waals surface area (Å²) in [5.74, 6) is 0. The number of hydrogen-bond acceptors (Lipinski definition) is 0. The van der Waals surface area contributed by atoms with E-state index in [-0.39, 0.29) is 0 Å². The quantitative estimate of drug-likeness (QED) is 0.399. The fourth-order valence-corrected chi connectivity index (χ4v) is 3.36. The molecule has 0 amide bonds. The molecular weight excluding hydrogens is 352 g/mol. The van der Waals surface area contributed by atoms with Crippen LogP contribution in [0.1, 0.15) is 11.1 Å². The van der Waals surface area contributed by atoms with Crippen molar-refractivity contribution in [2.75, 3.05) is 0 Å². The maximum Gasteiger partial charge on any atom is 0.0289 e. The van der Waals surface area contributed by atoms with Crippen LogP contribution in [-0.4, -0.2) is 0 Å². The number of alkyl halides is 2. The van der Waals surface area contributed by atoms with Gasteiger partial charge >= 0.3 is 0 Å². The largest absolute Gasteiger partial charge is 0.0876 e. The van der Waals surface area contributed by atoms with Gasteiger partial charge in [0.15, 0.2) is 0 Å². The summed E-state index contributed by atoms with van der Waals surface area (Å²) in [5, 5.41) is 7.09. The Balaban J connectivity index is 2.46. The van der Waals surface area contributed by atoms with E-state index in [1.165, 1.54) is 32.7 Å². The zero-order chi connectivity index (χ0) is 12.5. The van der Waals surface area contributed by atoms with Gasteiger partial charge in [-0.05, 0) is 44.8 Å². The van der Waals surface area contributed by atoms with Gasteiger partial charge in [0.2, 0.25) is 0 Å². The minimum absolute atomic E-state index is 0.893. The van der Waals surface area contributed by atoms with E-state index < -0.39 is 0 Å². The minimum atomic E-state index is 0.893. The molecule has 0 nitrogen and oxygen atoms in total. The van der Waals surface area contributed by atoms with Crippen molar-refractivity contribution in [2.24, 2.45) is 0 Å². The van der Waals surface area contributed by atoms with Gasteiger partial charge < -0.3 is 0 Å². The highest BCUT2D eigenvalue weighted by Crippen LogP contribution is 2.30. The molecule has 3 aromatic rings. The summed E-state index contributed by atoms with van der Waals surface area (Å²) in [6.45, 7) is 0. The molecule has 0 N–H and O–H groups in total. The molecule has 0 aliphatic rings. The molecule has 0 unspecified atom stereocenters. The van der Waals surface area contributed by atoms with Crippen LogP contribution in [0.2, 0.25) is 0 Å². The summed E-state index contributed by atoms with van der Waals surface area (Å²) in [6.07, 6.45) is 0. The predicted octanol–water partition coefficient (Wildman–Crippen LogP) is 5.78.